The topological polar surface area (TPSA) is 93.5 Å². The van der Waals surface area contributed by atoms with Crippen LogP contribution in [0, 0.1) is 0 Å². The lowest BCUT2D eigenvalue weighted by Gasteiger charge is -2.28. The number of rotatable bonds is 9. The fourth-order valence-electron chi connectivity index (χ4n) is 3.64. The van der Waals surface area contributed by atoms with Gasteiger partial charge in [0.1, 0.15) is 24.4 Å². The van der Waals surface area contributed by atoms with E-state index in [9.17, 15) is 20.4 Å². The smallest absolute Gasteiger partial charge is 0.156 e. The normalized spacial score (nSPS) is 31.9. The molecule has 0 aromatic rings. The van der Waals surface area contributed by atoms with Gasteiger partial charge in [-0.1, -0.05) is 34.9 Å². The van der Waals surface area contributed by atoms with Crippen LogP contribution in [-0.2, 0) is 4.74 Å². The lowest BCUT2D eigenvalue weighted by molar-refractivity contribution is 0.0266. The van der Waals surface area contributed by atoms with E-state index < -0.39 is 30.0 Å². The van der Waals surface area contributed by atoms with Crippen LogP contribution in [0.4, 0.5) is 0 Å². The minimum atomic E-state index is -1.20. The quantitative estimate of drug-likeness (QED) is 0.365. The molecule has 5 nitrogen and oxygen atoms in total. The second-order valence-corrected chi connectivity index (χ2v) is 8.05. The highest BCUT2D eigenvalue weighted by Crippen LogP contribution is 2.50. The van der Waals surface area contributed by atoms with Gasteiger partial charge < -0.3 is 25.2 Å². The van der Waals surface area contributed by atoms with Crippen molar-refractivity contribution in [2.75, 3.05) is 6.61 Å². The van der Waals surface area contributed by atoms with Crippen molar-refractivity contribution in [2.45, 2.75) is 83.4 Å². The van der Waals surface area contributed by atoms with Crippen LogP contribution in [0.1, 0.15) is 53.4 Å². The molecule has 0 saturated carbocycles. The number of hydrogen-bond acceptors (Lipinski definition) is 5. The summed E-state index contributed by atoms with van der Waals surface area (Å²) < 4.78 is 5.52. The minimum Gasteiger partial charge on any atom is -0.392 e. The van der Waals surface area contributed by atoms with Gasteiger partial charge in [-0.15, -0.1) is 0 Å². The van der Waals surface area contributed by atoms with Crippen LogP contribution in [0.25, 0.3) is 0 Å². The van der Waals surface area contributed by atoms with Gasteiger partial charge in [0.05, 0.1) is 6.61 Å². The monoisotopic (exact) mass is 378 g/mol. The van der Waals surface area contributed by atoms with E-state index in [4.69, 9.17) is 4.74 Å². The lowest BCUT2D eigenvalue weighted by Crippen LogP contribution is -2.48. The molecular weight excluding hydrogens is 344 g/mol. The molecule has 1 aliphatic heterocycles. The number of hydrogen-bond donors (Lipinski definition) is 4. The Morgan fingerprint density at radius 3 is 2.37 bits per heavy atom. The Kier molecular flexibility index (Phi) is 7.60. The average Bonchev–Trinajstić information content (AvgIpc) is 3.35. The third-order valence-electron chi connectivity index (χ3n) is 5.43. The van der Waals surface area contributed by atoms with Gasteiger partial charge in [0.25, 0.3) is 0 Å². The molecule has 0 aromatic carbocycles. The Hall–Kier alpha value is -1.24. The number of aliphatic hydroxyl groups excluding tert-OH is 4. The molecule has 5 heteroatoms. The second-order valence-electron chi connectivity index (χ2n) is 8.05. The maximum absolute atomic E-state index is 10.6. The Bertz CT molecular complexity index is 641. The highest BCUT2D eigenvalue weighted by atomic mass is 16.6. The molecule has 1 aliphatic carbocycles. The van der Waals surface area contributed by atoms with Gasteiger partial charge in [-0.3, -0.25) is 0 Å². The predicted molar refractivity (Wildman–Crippen MR) is 106 cm³/mol. The molecule has 0 unspecified atom stereocenters. The minimum absolute atomic E-state index is 0.335. The number of ether oxygens (including phenoxy) is 1. The third kappa shape index (κ3) is 5.18. The molecular formula is C22H34O5. The second kappa shape index (κ2) is 9.30. The van der Waals surface area contributed by atoms with E-state index in [1.54, 1.807) is 6.08 Å². The zero-order chi connectivity index (χ0) is 20.2. The van der Waals surface area contributed by atoms with Crippen molar-refractivity contribution in [1.82, 2.24) is 0 Å². The summed E-state index contributed by atoms with van der Waals surface area (Å²) in [6, 6.07) is 0. The molecule has 1 fully saturated rings. The Morgan fingerprint density at radius 2 is 1.74 bits per heavy atom. The molecule has 2 rings (SSSR count). The van der Waals surface area contributed by atoms with E-state index in [0.717, 1.165) is 31.3 Å². The molecule has 0 spiro atoms. The van der Waals surface area contributed by atoms with Crippen molar-refractivity contribution in [1.29, 1.82) is 0 Å². The Morgan fingerprint density at radius 1 is 1.11 bits per heavy atom. The van der Waals surface area contributed by atoms with Crippen LogP contribution in [0.15, 0.2) is 46.6 Å². The van der Waals surface area contributed by atoms with Gasteiger partial charge >= 0.3 is 0 Å². The van der Waals surface area contributed by atoms with Gasteiger partial charge in [0, 0.05) is 0 Å². The van der Waals surface area contributed by atoms with Crippen LogP contribution in [0.3, 0.4) is 0 Å². The average molecular weight is 379 g/mol. The van der Waals surface area contributed by atoms with Crippen molar-refractivity contribution in [3.63, 3.8) is 0 Å². The number of allylic oxidation sites excluding steroid dienone is 5. The van der Waals surface area contributed by atoms with Crippen LogP contribution in [0.5, 0.6) is 0 Å². The molecule has 1 saturated heterocycles. The molecule has 27 heavy (non-hydrogen) atoms. The van der Waals surface area contributed by atoms with Crippen LogP contribution < -0.4 is 0 Å². The van der Waals surface area contributed by atoms with Gasteiger partial charge in [-0.25, -0.2) is 0 Å². The van der Waals surface area contributed by atoms with Crippen molar-refractivity contribution < 1.29 is 25.2 Å². The third-order valence-corrected chi connectivity index (χ3v) is 5.43. The van der Waals surface area contributed by atoms with E-state index in [0.29, 0.717) is 5.57 Å². The Labute approximate surface area is 162 Å². The summed E-state index contributed by atoms with van der Waals surface area (Å²) in [6.07, 6.45) is 7.65. The number of epoxide rings is 1. The molecule has 152 valence electrons. The molecule has 0 aromatic heterocycles. The van der Waals surface area contributed by atoms with Gasteiger partial charge in [0.2, 0.25) is 0 Å². The fraction of sp³-hybridized carbons (Fsp3) is 0.636. The summed E-state index contributed by atoms with van der Waals surface area (Å²) >= 11 is 0. The van der Waals surface area contributed by atoms with Gasteiger partial charge in [0.15, 0.2) is 5.60 Å². The molecule has 0 amide bonds. The molecule has 0 radical (unpaired) electrons. The van der Waals surface area contributed by atoms with Gasteiger partial charge in [-0.2, -0.15) is 0 Å². The lowest BCUT2D eigenvalue weighted by atomic mass is 9.81. The van der Waals surface area contributed by atoms with E-state index in [1.807, 2.05) is 6.92 Å². The molecule has 2 aliphatic rings. The van der Waals surface area contributed by atoms with E-state index >= 15 is 0 Å². The first-order chi connectivity index (χ1) is 12.7. The number of aliphatic hydroxyl groups is 4. The molecule has 5 atom stereocenters. The first kappa shape index (κ1) is 22.1. The summed E-state index contributed by atoms with van der Waals surface area (Å²) in [4.78, 5) is 0. The fourth-order valence-corrected chi connectivity index (χ4v) is 3.64. The predicted octanol–water partition coefficient (Wildman–Crippen LogP) is 2.56. The summed E-state index contributed by atoms with van der Waals surface area (Å²) in [6.45, 7) is 7.96. The summed E-state index contributed by atoms with van der Waals surface area (Å²) in [5.74, 6) is 0. The van der Waals surface area contributed by atoms with Gasteiger partial charge in [-0.05, 0) is 65.0 Å². The van der Waals surface area contributed by atoms with Crippen LogP contribution >= 0.6 is 0 Å². The molecule has 1 heterocycles. The largest absolute Gasteiger partial charge is 0.392 e. The molecule has 0 bridgehead atoms. The molecule has 4 N–H and O–H groups in total. The first-order valence-corrected chi connectivity index (χ1v) is 9.72. The standard InChI is InChI=1S/C22H34O5/c1-14(2)7-5-8-15(3)9-6-10-16(4)11-18(24)22-19(25)12-17(13-23)20(26)21(22)27-22/h7,9,11-12,18-21,23-26H,5-6,8,10,13H2,1-4H3/b15-9+,16-11+/t18-,19-,20-,21-,22+/m0/s1. The van der Waals surface area contributed by atoms with Crippen LogP contribution in [-0.4, -0.2) is 57.0 Å². The zero-order valence-corrected chi connectivity index (χ0v) is 16.9. The van der Waals surface area contributed by atoms with E-state index in [2.05, 4.69) is 32.9 Å². The highest BCUT2D eigenvalue weighted by molar-refractivity contribution is 5.34. The zero-order valence-electron chi connectivity index (χ0n) is 16.9. The summed E-state index contributed by atoms with van der Waals surface area (Å²) in [7, 11) is 0. The maximum Gasteiger partial charge on any atom is 0.156 e. The van der Waals surface area contributed by atoms with Crippen molar-refractivity contribution in [2.24, 2.45) is 0 Å². The van der Waals surface area contributed by atoms with E-state index in [1.165, 1.54) is 17.2 Å². The van der Waals surface area contributed by atoms with Crippen LogP contribution in [0.2, 0.25) is 0 Å². The number of fused-ring (bicyclic) bond motifs is 1. The summed E-state index contributed by atoms with van der Waals surface area (Å²) in [5, 5.41) is 40.3. The van der Waals surface area contributed by atoms with Crippen molar-refractivity contribution in [3.05, 3.63) is 46.6 Å². The SMILES string of the molecule is CC(C)=CCC/C(C)=C/CC/C(C)=C/[C@H](O)[C@]12O[C@H]1[C@@H](O)C(CO)=C[C@@H]2O. The highest BCUT2D eigenvalue weighted by Gasteiger charge is 2.69. The Balaban J connectivity index is 1.89. The first-order valence-electron chi connectivity index (χ1n) is 9.72. The van der Waals surface area contributed by atoms with E-state index in [-0.39, 0.29) is 6.61 Å². The summed E-state index contributed by atoms with van der Waals surface area (Å²) in [5.41, 5.74) is 2.85. The maximum atomic E-state index is 10.6. The van der Waals surface area contributed by atoms with Crippen molar-refractivity contribution in [3.8, 4) is 0 Å². The van der Waals surface area contributed by atoms with Crippen molar-refractivity contribution >= 4 is 0 Å².